The molecular formula is C8H10BrIN2O. The lowest BCUT2D eigenvalue weighted by Crippen LogP contribution is -2.20. The molecule has 2 heterocycles. The smallest absolute Gasteiger partial charge is 0.151 e. The second-order valence-electron chi connectivity index (χ2n) is 3.05. The molecule has 0 amide bonds. The predicted octanol–water partition coefficient (Wildman–Crippen LogP) is 2.95. The first-order chi connectivity index (χ1) is 6.29. The average Bonchev–Trinajstić information content (AvgIpc) is 2.49. The van der Waals surface area contributed by atoms with Crippen LogP contribution < -0.4 is 0 Å². The molecule has 0 aliphatic carbocycles. The molecule has 0 aromatic carbocycles. The zero-order valence-corrected chi connectivity index (χ0v) is 10.8. The topological polar surface area (TPSA) is 27.1 Å². The van der Waals surface area contributed by atoms with Crippen LogP contribution >= 0.6 is 38.5 Å². The SMILES string of the molecule is Brc1cnn(C2CCCCO2)c1I. The fourth-order valence-corrected chi connectivity index (χ4v) is 2.29. The van der Waals surface area contributed by atoms with Crippen LogP contribution in [0.2, 0.25) is 0 Å². The molecule has 72 valence electrons. The molecule has 1 aliphatic heterocycles. The van der Waals surface area contributed by atoms with Crippen molar-refractivity contribution in [1.29, 1.82) is 0 Å². The van der Waals surface area contributed by atoms with Gasteiger partial charge in [0.15, 0.2) is 6.23 Å². The summed E-state index contributed by atoms with van der Waals surface area (Å²) in [6, 6.07) is 0. The monoisotopic (exact) mass is 356 g/mol. The molecule has 1 fully saturated rings. The summed E-state index contributed by atoms with van der Waals surface area (Å²) < 4.78 is 9.74. The van der Waals surface area contributed by atoms with E-state index < -0.39 is 0 Å². The molecule has 13 heavy (non-hydrogen) atoms. The van der Waals surface area contributed by atoms with Gasteiger partial charge in [0.05, 0.1) is 10.7 Å². The van der Waals surface area contributed by atoms with Gasteiger partial charge < -0.3 is 4.74 Å². The lowest BCUT2D eigenvalue weighted by Gasteiger charge is -2.23. The number of hydrogen-bond donors (Lipinski definition) is 0. The molecule has 1 aromatic rings. The summed E-state index contributed by atoms with van der Waals surface area (Å²) in [6.07, 6.45) is 5.45. The molecule has 0 N–H and O–H groups in total. The van der Waals surface area contributed by atoms with E-state index >= 15 is 0 Å². The van der Waals surface area contributed by atoms with Crippen molar-refractivity contribution in [2.45, 2.75) is 25.5 Å². The molecule has 2 rings (SSSR count). The van der Waals surface area contributed by atoms with Gasteiger partial charge in [0.2, 0.25) is 0 Å². The van der Waals surface area contributed by atoms with E-state index in [1.807, 2.05) is 10.9 Å². The fraction of sp³-hybridized carbons (Fsp3) is 0.625. The Labute approximate surface area is 99.1 Å². The molecule has 0 spiro atoms. The van der Waals surface area contributed by atoms with E-state index in [0.717, 1.165) is 21.2 Å². The summed E-state index contributed by atoms with van der Waals surface area (Å²) in [6.45, 7) is 0.859. The highest BCUT2D eigenvalue weighted by Gasteiger charge is 2.19. The number of aromatic nitrogens is 2. The summed E-state index contributed by atoms with van der Waals surface area (Å²) in [5.74, 6) is 0. The molecule has 1 saturated heterocycles. The maximum Gasteiger partial charge on any atom is 0.151 e. The van der Waals surface area contributed by atoms with Crippen LogP contribution in [-0.2, 0) is 4.74 Å². The minimum Gasteiger partial charge on any atom is -0.356 e. The van der Waals surface area contributed by atoms with Crippen LogP contribution in [0.4, 0.5) is 0 Å². The van der Waals surface area contributed by atoms with E-state index in [1.54, 1.807) is 0 Å². The van der Waals surface area contributed by atoms with Crippen molar-refractivity contribution < 1.29 is 4.74 Å². The van der Waals surface area contributed by atoms with E-state index in [9.17, 15) is 0 Å². The Morgan fingerprint density at radius 2 is 2.46 bits per heavy atom. The van der Waals surface area contributed by atoms with Gasteiger partial charge in [-0.2, -0.15) is 5.10 Å². The van der Waals surface area contributed by atoms with Gasteiger partial charge in [-0.05, 0) is 57.8 Å². The third kappa shape index (κ3) is 2.07. The summed E-state index contributed by atoms with van der Waals surface area (Å²) in [4.78, 5) is 0. The van der Waals surface area contributed by atoms with Crippen molar-refractivity contribution >= 4 is 38.5 Å². The second-order valence-corrected chi connectivity index (χ2v) is 4.93. The predicted molar refractivity (Wildman–Crippen MR) is 61.5 cm³/mol. The Bertz CT molecular complexity index is 296. The van der Waals surface area contributed by atoms with E-state index in [0.29, 0.717) is 0 Å². The first-order valence-corrected chi connectivity index (χ1v) is 6.16. The normalized spacial score (nSPS) is 23.4. The Balaban J connectivity index is 2.18. The second kappa shape index (κ2) is 4.27. The van der Waals surface area contributed by atoms with E-state index in [1.165, 1.54) is 12.8 Å². The number of nitrogens with zero attached hydrogens (tertiary/aromatic N) is 2. The standard InChI is InChI=1S/C8H10BrIN2O/c9-6-5-11-12(8(6)10)7-3-1-2-4-13-7/h5,7H,1-4H2. The average molecular weight is 357 g/mol. The van der Waals surface area contributed by atoms with E-state index in [4.69, 9.17) is 4.74 Å². The minimum atomic E-state index is 0.145. The quantitative estimate of drug-likeness (QED) is 0.723. The van der Waals surface area contributed by atoms with Crippen LogP contribution in [0.5, 0.6) is 0 Å². The number of rotatable bonds is 1. The molecule has 0 radical (unpaired) electrons. The van der Waals surface area contributed by atoms with Gasteiger partial charge in [-0.1, -0.05) is 0 Å². The number of halogens is 2. The highest BCUT2D eigenvalue weighted by Crippen LogP contribution is 2.27. The van der Waals surface area contributed by atoms with Crippen molar-refractivity contribution in [3.63, 3.8) is 0 Å². The van der Waals surface area contributed by atoms with Crippen LogP contribution in [0.25, 0.3) is 0 Å². The molecule has 3 nitrogen and oxygen atoms in total. The van der Waals surface area contributed by atoms with Crippen LogP contribution in [0.3, 0.4) is 0 Å². The van der Waals surface area contributed by atoms with Crippen LogP contribution in [0.1, 0.15) is 25.5 Å². The lowest BCUT2D eigenvalue weighted by atomic mass is 10.2. The van der Waals surface area contributed by atoms with Crippen molar-refractivity contribution in [3.05, 3.63) is 14.4 Å². The highest BCUT2D eigenvalue weighted by molar-refractivity contribution is 14.1. The number of ether oxygens (including phenoxy) is 1. The van der Waals surface area contributed by atoms with E-state index in [-0.39, 0.29) is 6.23 Å². The molecule has 5 heteroatoms. The highest BCUT2D eigenvalue weighted by atomic mass is 127. The summed E-state index contributed by atoms with van der Waals surface area (Å²) in [7, 11) is 0. The summed E-state index contributed by atoms with van der Waals surface area (Å²) >= 11 is 5.71. The maximum atomic E-state index is 5.63. The van der Waals surface area contributed by atoms with Gasteiger partial charge in [0.1, 0.15) is 3.70 Å². The zero-order chi connectivity index (χ0) is 9.26. The molecule has 1 aliphatic rings. The Morgan fingerprint density at radius 3 is 3.00 bits per heavy atom. The molecule has 1 unspecified atom stereocenters. The molecule has 0 bridgehead atoms. The fourth-order valence-electron chi connectivity index (χ4n) is 1.44. The first-order valence-electron chi connectivity index (χ1n) is 4.29. The largest absolute Gasteiger partial charge is 0.356 e. The van der Waals surface area contributed by atoms with Crippen LogP contribution in [-0.4, -0.2) is 16.4 Å². The lowest BCUT2D eigenvalue weighted by molar-refractivity contribution is -0.0411. The van der Waals surface area contributed by atoms with Gasteiger partial charge in [-0.25, -0.2) is 4.68 Å². The van der Waals surface area contributed by atoms with Gasteiger partial charge >= 0.3 is 0 Å². The Hall–Kier alpha value is 0.380. The van der Waals surface area contributed by atoms with Gasteiger partial charge in [-0.3, -0.25) is 0 Å². The summed E-state index contributed by atoms with van der Waals surface area (Å²) in [5, 5.41) is 4.28. The first kappa shape index (κ1) is 9.92. The van der Waals surface area contributed by atoms with Crippen molar-refractivity contribution in [1.82, 2.24) is 9.78 Å². The zero-order valence-electron chi connectivity index (χ0n) is 7.04. The van der Waals surface area contributed by atoms with Crippen LogP contribution in [0.15, 0.2) is 10.7 Å². The number of hydrogen-bond acceptors (Lipinski definition) is 2. The van der Waals surface area contributed by atoms with Gasteiger partial charge in [0.25, 0.3) is 0 Å². The molecule has 0 saturated carbocycles. The Morgan fingerprint density at radius 1 is 1.62 bits per heavy atom. The molecule has 1 atom stereocenters. The maximum absolute atomic E-state index is 5.63. The third-order valence-corrected chi connectivity index (χ3v) is 4.52. The Kier molecular flexibility index (Phi) is 3.26. The van der Waals surface area contributed by atoms with Crippen molar-refractivity contribution in [2.75, 3.05) is 6.61 Å². The molecule has 1 aromatic heterocycles. The van der Waals surface area contributed by atoms with Crippen molar-refractivity contribution in [2.24, 2.45) is 0 Å². The van der Waals surface area contributed by atoms with Gasteiger partial charge in [-0.15, -0.1) is 0 Å². The van der Waals surface area contributed by atoms with Crippen molar-refractivity contribution in [3.8, 4) is 0 Å². The van der Waals surface area contributed by atoms with E-state index in [2.05, 4.69) is 43.6 Å². The summed E-state index contributed by atoms with van der Waals surface area (Å²) in [5.41, 5.74) is 0. The third-order valence-electron chi connectivity index (χ3n) is 2.12. The minimum absolute atomic E-state index is 0.145. The molecular weight excluding hydrogens is 347 g/mol. The van der Waals surface area contributed by atoms with Crippen LogP contribution in [0, 0.1) is 3.70 Å². The van der Waals surface area contributed by atoms with Gasteiger partial charge in [0, 0.05) is 6.61 Å².